The van der Waals surface area contributed by atoms with E-state index >= 15 is 0 Å². The van der Waals surface area contributed by atoms with E-state index in [1.54, 1.807) is 0 Å². The fourth-order valence-electron chi connectivity index (χ4n) is 1.51. The molecule has 1 rings (SSSR count). The van der Waals surface area contributed by atoms with Crippen LogP contribution in [0.4, 0.5) is 0 Å². The van der Waals surface area contributed by atoms with E-state index < -0.39 is 0 Å². The highest BCUT2D eigenvalue weighted by molar-refractivity contribution is 14.1. The number of methoxy groups -OCH3 is 1. The molecule has 4 atom stereocenters. The third-order valence-electron chi connectivity index (χ3n) is 2.20. The predicted octanol–water partition coefficient (Wildman–Crippen LogP) is 1.39. The maximum absolute atomic E-state index is 11.3. The van der Waals surface area contributed by atoms with Gasteiger partial charge in [0.15, 0.2) is 0 Å². The minimum absolute atomic E-state index is 0.0191. The van der Waals surface area contributed by atoms with Gasteiger partial charge in [-0.2, -0.15) is 0 Å². The van der Waals surface area contributed by atoms with Gasteiger partial charge in [-0.15, -0.1) is 0 Å². The van der Waals surface area contributed by atoms with Crippen LogP contribution in [-0.2, 0) is 14.3 Å². The lowest BCUT2D eigenvalue weighted by molar-refractivity contribution is -0.146. The highest BCUT2D eigenvalue weighted by Gasteiger charge is 2.43. The Morgan fingerprint density at radius 2 is 2.00 bits per heavy atom. The number of hydrogen-bond donors (Lipinski definition) is 0. The molecule has 4 heteroatoms. The van der Waals surface area contributed by atoms with Crippen LogP contribution >= 0.6 is 22.6 Å². The van der Waals surface area contributed by atoms with Crippen molar-refractivity contribution < 1.29 is 14.3 Å². The lowest BCUT2D eigenvalue weighted by Gasteiger charge is -2.13. The Kier molecular flexibility index (Phi) is 3.34. The zero-order chi connectivity index (χ0) is 9.30. The van der Waals surface area contributed by atoms with Gasteiger partial charge in [-0.05, 0) is 13.8 Å². The number of ether oxygens (including phenoxy) is 2. The van der Waals surface area contributed by atoms with Crippen molar-refractivity contribution in [3.8, 4) is 0 Å². The van der Waals surface area contributed by atoms with Crippen LogP contribution in [0.15, 0.2) is 0 Å². The van der Waals surface area contributed by atoms with Crippen molar-refractivity contribution in [2.45, 2.75) is 30.0 Å². The van der Waals surface area contributed by atoms with Gasteiger partial charge in [0.1, 0.15) is 0 Å². The van der Waals surface area contributed by atoms with Crippen LogP contribution in [0.5, 0.6) is 0 Å². The summed E-state index contributed by atoms with van der Waals surface area (Å²) in [6.45, 7) is 3.90. The lowest BCUT2D eigenvalue weighted by Crippen LogP contribution is -2.29. The van der Waals surface area contributed by atoms with E-state index in [2.05, 4.69) is 22.6 Å². The van der Waals surface area contributed by atoms with E-state index in [0.717, 1.165) is 0 Å². The molecule has 3 nitrogen and oxygen atoms in total. The predicted molar refractivity (Wildman–Crippen MR) is 53.3 cm³/mol. The lowest BCUT2D eigenvalue weighted by atomic mass is 10.0. The average Bonchev–Trinajstić information content (AvgIpc) is 2.26. The Balaban J connectivity index is 2.69. The molecule has 0 N–H and O–H groups in total. The molecule has 1 fully saturated rings. The van der Waals surface area contributed by atoms with Crippen LogP contribution in [0.1, 0.15) is 13.8 Å². The molecule has 0 aromatic heterocycles. The Hall–Kier alpha value is 0.160. The van der Waals surface area contributed by atoms with Crippen LogP contribution in [0.25, 0.3) is 0 Å². The molecule has 0 saturated carbocycles. The van der Waals surface area contributed by atoms with Gasteiger partial charge in [-0.1, -0.05) is 22.6 Å². The van der Waals surface area contributed by atoms with Crippen molar-refractivity contribution in [2.75, 3.05) is 7.11 Å². The average molecular weight is 284 g/mol. The molecule has 1 heterocycles. The zero-order valence-electron chi connectivity index (χ0n) is 7.41. The molecule has 70 valence electrons. The highest BCUT2D eigenvalue weighted by Crippen LogP contribution is 2.33. The third kappa shape index (κ3) is 1.74. The first-order valence-corrected chi connectivity index (χ1v) is 5.20. The van der Waals surface area contributed by atoms with Crippen molar-refractivity contribution in [1.29, 1.82) is 0 Å². The van der Waals surface area contributed by atoms with Crippen LogP contribution in [0.2, 0.25) is 0 Å². The monoisotopic (exact) mass is 284 g/mol. The van der Waals surface area contributed by atoms with Gasteiger partial charge in [0.05, 0.1) is 29.2 Å². The quantitative estimate of drug-likeness (QED) is 0.414. The number of rotatable bonds is 1. The van der Waals surface area contributed by atoms with Crippen LogP contribution in [0.3, 0.4) is 0 Å². The van der Waals surface area contributed by atoms with E-state index in [4.69, 9.17) is 9.47 Å². The van der Waals surface area contributed by atoms with Crippen LogP contribution < -0.4 is 0 Å². The summed E-state index contributed by atoms with van der Waals surface area (Å²) >= 11 is 2.25. The smallest absolute Gasteiger partial charge is 0.312 e. The number of halogens is 1. The van der Waals surface area contributed by atoms with E-state index in [1.807, 2.05) is 13.8 Å². The second kappa shape index (κ2) is 3.91. The fourth-order valence-corrected chi connectivity index (χ4v) is 2.55. The molecule has 0 spiro atoms. The van der Waals surface area contributed by atoms with Crippen molar-refractivity contribution in [3.63, 3.8) is 0 Å². The molecule has 0 radical (unpaired) electrons. The molecule has 0 unspecified atom stereocenters. The van der Waals surface area contributed by atoms with Crippen molar-refractivity contribution in [2.24, 2.45) is 5.92 Å². The van der Waals surface area contributed by atoms with Gasteiger partial charge in [0.2, 0.25) is 0 Å². The first-order chi connectivity index (χ1) is 5.57. The molecule has 0 amide bonds. The summed E-state index contributed by atoms with van der Waals surface area (Å²) in [6, 6.07) is 0. The summed E-state index contributed by atoms with van der Waals surface area (Å²) < 4.78 is 10.4. The molecule has 0 bridgehead atoms. The normalized spacial score (nSPS) is 41.3. The molecule has 0 aliphatic carbocycles. The standard InChI is InChI=1S/C8H13IO3/c1-4-6(8(10)11-3)7(9)5(2)12-4/h4-7H,1-3H3/t4-,5-,6-,7+/m1/s1. The minimum atomic E-state index is -0.161. The Morgan fingerprint density at radius 3 is 2.33 bits per heavy atom. The van der Waals surface area contributed by atoms with E-state index in [-0.39, 0.29) is 28.0 Å². The molecule has 0 aromatic rings. The van der Waals surface area contributed by atoms with Crippen molar-refractivity contribution in [3.05, 3.63) is 0 Å². The molecule has 1 aliphatic rings. The molecular weight excluding hydrogens is 271 g/mol. The summed E-state index contributed by atoms with van der Waals surface area (Å²) in [5.74, 6) is -0.267. The first kappa shape index (κ1) is 10.2. The van der Waals surface area contributed by atoms with Gasteiger partial charge in [-0.25, -0.2) is 0 Å². The zero-order valence-corrected chi connectivity index (χ0v) is 9.57. The second-order valence-corrected chi connectivity index (χ2v) is 4.48. The molecule has 12 heavy (non-hydrogen) atoms. The Morgan fingerprint density at radius 1 is 1.42 bits per heavy atom. The summed E-state index contributed by atoms with van der Waals surface area (Å²) in [7, 11) is 1.42. The van der Waals surface area contributed by atoms with E-state index in [0.29, 0.717) is 0 Å². The van der Waals surface area contributed by atoms with Crippen molar-refractivity contribution in [1.82, 2.24) is 0 Å². The van der Waals surface area contributed by atoms with Crippen LogP contribution in [0, 0.1) is 5.92 Å². The highest BCUT2D eigenvalue weighted by atomic mass is 127. The fraction of sp³-hybridized carbons (Fsp3) is 0.875. The summed E-state index contributed by atoms with van der Waals surface area (Å²) in [5, 5.41) is 0. The largest absolute Gasteiger partial charge is 0.469 e. The molecule has 0 aromatic carbocycles. The third-order valence-corrected chi connectivity index (χ3v) is 3.99. The van der Waals surface area contributed by atoms with Gasteiger partial charge in [0.25, 0.3) is 0 Å². The maximum Gasteiger partial charge on any atom is 0.312 e. The number of hydrogen-bond acceptors (Lipinski definition) is 3. The molecular formula is C8H13IO3. The van der Waals surface area contributed by atoms with E-state index in [9.17, 15) is 4.79 Å². The summed E-state index contributed by atoms with van der Waals surface area (Å²) in [6.07, 6.45) is 0.124. The van der Waals surface area contributed by atoms with Gasteiger partial charge >= 0.3 is 5.97 Å². The molecule has 1 aliphatic heterocycles. The SMILES string of the molecule is COC(=O)[C@H]1[C@@H](I)[C@@H](C)O[C@@H]1C. The van der Waals surface area contributed by atoms with Gasteiger partial charge in [-0.3, -0.25) is 4.79 Å². The van der Waals surface area contributed by atoms with Crippen molar-refractivity contribution >= 4 is 28.6 Å². The second-order valence-electron chi connectivity index (χ2n) is 3.04. The maximum atomic E-state index is 11.3. The summed E-state index contributed by atoms with van der Waals surface area (Å²) in [4.78, 5) is 11.3. The number of alkyl halides is 1. The number of carbonyl (C=O) groups is 1. The summed E-state index contributed by atoms with van der Waals surface area (Å²) in [5.41, 5.74) is 0. The van der Waals surface area contributed by atoms with Crippen LogP contribution in [-0.4, -0.2) is 29.2 Å². The Labute approximate surface area is 85.9 Å². The van der Waals surface area contributed by atoms with Gasteiger partial charge in [0, 0.05) is 0 Å². The van der Waals surface area contributed by atoms with Gasteiger partial charge < -0.3 is 9.47 Å². The van der Waals surface area contributed by atoms with E-state index in [1.165, 1.54) is 7.11 Å². The number of carbonyl (C=O) groups excluding carboxylic acids is 1. The topological polar surface area (TPSA) is 35.5 Å². The number of esters is 1. The molecule has 1 saturated heterocycles. The minimum Gasteiger partial charge on any atom is -0.469 e. The first-order valence-electron chi connectivity index (χ1n) is 3.95. The Bertz CT molecular complexity index is 183.